The first-order valence-corrected chi connectivity index (χ1v) is 15.8. The number of nitriles is 1. The third kappa shape index (κ3) is 6.31. The van der Waals surface area contributed by atoms with Crippen molar-refractivity contribution in [2.75, 3.05) is 56.2 Å². The molecule has 4 heterocycles. The number of hydrogen-bond acceptors (Lipinski definition) is 8. The van der Waals surface area contributed by atoms with Gasteiger partial charge in [0, 0.05) is 48.9 Å². The summed E-state index contributed by atoms with van der Waals surface area (Å²) in [5.74, 6) is -0.578. The first-order chi connectivity index (χ1) is 22.0. The summed E-state index contributed by atoms with van der Waals surface area (Å²) in [6.07, 6.45) is -2.28. The Kier molecular flexibility index (Phi) is 8.99. The monoisotopic (exact) mass is 653 g/mol. The standard InChI is InChI=1S/C33H35ClF3N7O2/c1-21(33(35,36)37)31(45)44-17-16-43(18-23(44)11-13-38)30-25-12-15-42(28-10-4-7-22-6-3-9-26(34)29(22)28)19-27(25)39-32(40-30)46-20-24-8-5-14-41(24)2/h3-4,6-7,9-10,23-24H,1,5,8,11-12,14-20H2,2H3/t23-,24-/m0/s1. The lowest BCUT2D eigenvalue weighted by Crippen LogP contribution is -2.56. The Balaban J connectivity index is 1.32. The summed E-state index contributed by atoms with van der Waals surface area (Å²) in [7, 11) is 2.07. The lowest BCUT2D eigenvalue weighted by Gasteiger charge is -2.42. The molecule has 242 valence electrons. The predicted molar refractivity (Wildman–Crippen MR) is 170 cm³/mol. The minimum absolute atomic E-state index is 0.0112. The van der Waals surface area contributed by atoms with Crippen molar-refractivity contribution in [1.82, 2.24) is 19.8 Å². The van der Waals surface area contributed by atoms with Crippen LogP contribution in [-0.2, 0) is 17.8 Å². The van der Waals surface area contributed by atoms with Crippen LogP contribution in [0.15, 0.2) is 48.6 Å². The van der Waals surface area contributed by atoms with Crippen LogP contribution in [0, 0.1) is 11.3 Å². The van der Waals surface area contributed by atoms with Crippen molar-refractivity contribution >= 4 is 39.8 Å². The number of hydrogen-bond donors (Lipinski definition) is 0. The molecule has 0 bridgehead atoms. The molecule has 2 aromatic carbocycles. The van der Waals surface area contributed by atoms with E-state index in [-0.39, 0.29) is 38.1 Å². The molecule has 9 nitrogen and oxygen atoms in total. The highest BCUT2D eigenvalue weighted by Crippen LogP contribution is 2.38. The zero-order valence-electron chi connectivity index (χ0n) is 25.6. The summed E-state index contributed by atoms with van der Waals surface area (Å²) >= 11 is 6.67. The molecule has 3 aliphatic heterocycles. The first-order valence-electron chi connectivity index (χ1n) is 15.4. The number of amides is 1. The molecule has 0 aliphatic carbocycles. The fourth-order valence-corrected chi connectivity index (χ4v) is 6.99. The summed E-state index contributed by atoms with van der Waals surface area (Å²) in [4.78, 5) is 30.1. The van der Waals surface area contributed by atoms with Crippen molar-refractivity contribution in [2.45, 2.75) is 50.5 Å². The number of carbonyl (C=O) groups excluding carboxylic acids is 1. The van der Waals surface area contributed by atoms with Crippen molar-refractivity contribution < 1.29 is 22.7 Å². The molecule has 1 amide bonds. The number of anilines is 2. The van der Waals surface area contributed by atoms with Gasteiger partial charge in [-0.3, -0.25) is 4.79 Å². The molecule has 0 spiro atoms. The van der Waals surface area contributed by atoms with Crippen LogP contribution >= 0.6 is 11.6 Å². The fraction of sp³-hybridized carbons (Fsp3) is 0.455. The van der Waals surface area contributed by atoms with Crippen molar-refractivity contribution in [3.05, 3.63) is 64.8 Å². The number of likely N-dealkylation sites (tertiary alicyclic amines) is 1. The lowest BCUT2D eigenvalue weighted by atomic mass is 10.0. The molecule has 1 aromatic heterocycles. The number of fused-ring (bicyclic) bond motifs is 2. The number of likely N-dealkylation sites (N-methyl/N-ethyl adjacent to an activating group) is 1. The van der Waals surface area contributed by atoms with Crippen LogP contribution in [0.5, 0.6) is 6.01 Å². The van der Waals surface area contributed by atoms with Gasteiger partial charge in [0.25, 0.3) is 5.91 Å². The van der Waals surface area contributed by atoms with E-state index >= 15 is 0 Å². The zero-order chi connectivity index (χ0) is 32.6. The van der Waals surface area contributed by atoms with E-state index in [1.165, 1.54) is 0 Å². The van der Waals surface area contributed by atoms with E-state index in [0.717, 1.165) is 52.0 Å². The van der Waals surface area contributed by atoms with E-state index in [9.17, 15) is 23.2 Å². The lowest BCUT2D eigenvalue weighted by molar-refractivity contribution is -0.141. The Morgan fingerprint density at radius 1 is 1.11 bits per heavy atom. The molecule has 0 N–H and O–H groups in total. The van der Waals surface area contributed by atoms with Crippen molar-refractivity contribution in [3.8, 4) is 12.1 Å². The van der Waals surface area contributed by atoms with E-state index in [1.54, 1.807) is 0 Å². The summed E-state index contributed by atoms with van der Waals surface area (Å²) in [5.41, 5.74) is 1.26. The number of ether oxygens (including phenoxy) is 1. The highest BCUT2D eigenvalue weighted by Gasteiger charge is 2.42. The van der Waals surface area contributed by atoms with Gasteiger partial charge < -0.3 is 24.3 Å². The van der Waals surface area contributed by atoms with Gasteiger partial charge in [-0.1, -0.05) is 42.4 Å². The third-order valence-electron chi connectivity index (χ3n) is 9.24. The highest BCUT2D eigenvalue weighted by atomic mass is 35.5. The van der Waals surface area contributed by atoms with E-state index in [0.29, 0.717) is 37.0 Å². The zero-order valence-corrected chi connectivity index (χ0v) is 26.3. The molecule has 3 aromatic rings. The number of benzene rings is 2. The van der Waals surface area contributed by atoms with Crippen LogP contribution in [0.4, 0.5) is 24.7 Å². The van der Waals surface area contributed by atoms with Gasteiger partial charge in [0.15, 0.2) is 0 Å². The Bertz CT molecular complexity index is 1690. The molecule has 6 rings (SSSR count). The molecule has 2 atom stereocenters. The molecule has 46 heavy (non-hydrogen) atoms. The average molecular weight is 654 g/mol. The average Bonchev–Trinajstić information content (AvgIpc) is 3.46. The smallest absolute Gasteiger partial charge is 0.421 e. The number of alkyl halides is 3. The van der Waals surface area contributed by atoms with Gasteiger partial charge in [-0.15, -0.1) is 0 Å². The Morgan fingerprint density at radius 2 is 1.89 bits per heavy atom. The van der Waals surface area contributed by atoms with Crippen molar-refractivity contribution in [1.29, 1.82) is 5.26 Å². The van der Waals surface area contributed by atoms with E-state index < -0.39 is 23.7 Å². The summed E-state index contributed by atoms with van der Waals surface area (Å²) in [6.45, 7) is 5.91. The van der Waals surface area contributed by atoms with Crippen LogP contribution in [0.25, 0.3) is 10.8 Å². The molecule has 2 saturated heterocycles. The Labute approximate surface area is 270 Å². The molecular formula is C33H35ClF3N7O2. The Morgan fingerprint density at radius 3 is 2.61 bits per heavy atom. The van der Waals surface area contributed by atoms with E-state index in [1.807, 2.05) is 47.4 Å². The third-order valence-corrected chi connectivity index (χ3v) is 9.56. The maximum Gasteiger partial charge on any atom is 0.421 e. The summed E-state index contributed by atoms with van der Waals surface area (Å²) in [5, 5.41) is 12.2. The topological polar surface area (TPSA) is 88.8 Å². The van der Waals surface area contributed by atoms with Gasteiger partial charge in [0.1, 0.15) is 18.0 Å². The van der Waals surface area contributed by atoms with Gasteiger partial charge in [0.05, 0.1) is 35.8 Å². The largest absolute Gasteiger partial charge is 0.462 e. The number of aromatic nitrogens is 2. The second-order valence-corrected chi connectivity index (χ2v) is 12.5. The van der Waals surface area contributed by atoms with Gasteiger partial charge in [-0.05, 0) is 50.4 Å². The Hall–Kier alpha value is -4.08. The predicted octanol–water partition coefficient (Wildman–Crippen LogP) is 5.37. The second kappa shape index (κ2) is 13.0. The van der Waals surface area contributed by atoms with Crippen molar-refractivity contribution in [2.24, 2.45) is 0 Å². The van der Waals surface area contributed by atoms with Gasteiger partial charge in [-0.2, -0.15) is 28.4 Å². The minimum atomic E-state index is -4.85. The summed E-state index contributed by atoms with van der Waals surface area (Å²) < 4.78 is 46.2. The normalized spacial score (nSPS) is 20.5. The number of nitrogens with zero attached hydrogens (tertiary/aromatic N) is 7. The minimum Gasteiger partial charge on any atom is -0.462 e. The molecule has 0 saturated carbocycles. The molecule has 0 unspecified atom stereocenters. The van der Waals surface area contributed by atoms with Gasteiger partial charge in [0.2, 0.25) is 0 Å². The molecular weight excluding hydrogens is 619 g/mol. The maximum atomic E-state index is 13.3. The van der Waals surface area contributed by atoms with E-state index in [4.69, 9.17) is 26.3 Å². The van der Waals surface area contributed by atoms with Crippen LogP contribution in [0.1, 0.15) is 30.5 Å². The molecule has 3 aliphatic rings. The maximum absolute atomic E-state index is 13.3. The van der Waals surface area contributed by atoms with Crippen molar-refractivity contribution in [3.63, 3.8) is 0 Å². The highest BCUT2D eigenvalue weighted by molar-refractivity contribution is 6.36. The molecule has 13 heteroatoms. The quantitative estimate of drug-likeness (QED) is 0.315. The molecule has 2 fully saturated rings. The first kappa shape index (κ1) is 31.9. The van der Waals surface area contributed by atoms with Gasteiger partial charge >= 0.3 is 12.2 Å². The van der Waals surface area contributed by atoms with Gasteiger partial charge in [-0.25, -0.2) is 0 Å². The van der Waals surface area contributed by atoms with Crippen LogP contribution < -0.4 is 14.5 Å². The van der Waals surface area contributed by atoms with E-state index in [2.05, 4.69) is 23.4 Å². The number of rotatable bonds is 7. The number of piperazine rings is 1. The second-order valence-electron chi connectivity index (χ2n) is 12.1. The van der Waals surface area contributed by atoms with Crippen LogP contribution in [-0.4, -0.2) is 90.3 Å². The van der Waals surface area contributed by atoms with Crippen LogP contribution in [0.3, 0.4) is 0 Å². The number of halogens is 4. The SMILES string of the molecule is C=C(C(=O)N1CCN(c2nc(OC[C@@H]3CCCN3C)nc3c2CCN(c2cccc4cccc(Cl)c24)C3)C[C@@H]1CC#N)C(F)(F)F. The van der Waals surface area contributed by atoms with Crippen LogP contribution in [0.2, 0.25) is 5.02 Å². The molecule has 0 radical (unpaired) electrons. The number of carbonyl (C=O) groups is 1. The summed E-state index contributed by atoms with van der Waals surface area (Å²) in [6, 6.07) is 13.7. The fourth-order valence-electron chi connectivity index (χ4n) is 6.71.